The van der Waals surface area contributed by atoms with Crippen LogP contribution in [0.4, 0.5) is 5.13 Å². The van der Waals surface area contributed by atoms with Gasteiger partial charge in [0, 0.05) is 10.3 Å². The first-order valence-electron chi connectivity index (χ1n) is 8.49. The van der Waals surface area contributed by atoms with Crippen LogP contribution in [0, 0.1) is 0 Å². The minimum atomic E-state index is -0.0391. The maximum Gasteiger partial charge on any atom is 0.267 e. The van der Waals surface area contributed by atoms with E-state index in [4.69, 9.17) is 0 Å². The van der Waals surface area contributed by atoms with Crippen LogP contribution in [0.2, 0.25) is 0 Å². The van der Waals surface area contributed by atoms with Crippen LogP contribution in [0.15, 0.2) is 42.5 Å². The van der Waals surface area contributed by atoms with E-state index >= 15 is 0 Å². The largest absolute Gasteiger partial charge is 0.297 e. The number of amides is 1. The monoisotopic (exact) mass is 364 g/mol. The number of thiophene rings is 1. The maximum atomic E-state index is 12.6. The minimum absolute atomic E-state index is 0.0391. The predicted molar refractivity (Wildman–Crippen MR) is 106 cm³/mol. The van der Waals surface area contributed by atoms with Crippen molar-refractivity contribution < 1.29 is 4.79 Å². The second-order valence-corrected chi connectivity index (χ2v) is 8.54. The van der Waals surface area contributed by atoms with E-state index in [1.165, 1.54) is 40.0 Å². The van der Waals surface area contributed by atoms with Gasteiger partial charge in [-0.05, 0) is 48.8 Å². The lowest BCUT2D eigenvalue weighted by molar-refractivity contribution is 0.103. The van der Waals surface area contributed by atoms with Gasteiger partial charge in [-0.3, -0.25) is 10.1 Å². The summed E-state index contributed by atoms with van der Waals surface area (Å²) < 4.78 is 1.10. The van der Waals surface area contributed by atoms with Gasteiger partial charge in [-0.15, -0.1) is 11.3 Å². The van der Waals surface area contributed by atoms with Crippen molar-refractivity contribution in [3.05, 3.63) is 57.8 Å². The van der Waals surface area contributed by atoms with Crippen molar-refractivity contribution in [3.8, 4) is 0 Å². The van der Waals surface area contributed by atoms with E-state index in [0.717, 1.165) is 33.3 Å². The average Bonchev–Trinajstić information content (AvgIpc) is 3.25. The highest BCUT2D eigenvalue weighted by Crippen LogP contribution is 2.33. The van der Waals surface area contributed by atoms with Crippen molar-refractivity contribution in [1.29, 1.82) is 0 Å². The van der Waals surface area contributed by atoms with E-state index in [2.05, 4.69) is 40.6 Å². The fourth-order valence-electron chi connectivity index (χ4n) is 3.48. The molecule has 0 saturated heterocycles. The molecule has 2 aromatic carbocycles. The number of hydrogen-bond acceptors (Lipinski definition) is 4. The summed E-state index contributed by atoms with van der Waals surface area (Å²) in [6, 6.07) is 14.5. The van der Waals surface area contributed by atoms with Crippen LogP contribution in [-0.2, 0) is 12.8 Å². The average molecular weight is 364 g/mol. The van der Waals surface area contributed by atoms with Gasteiger partial charge in [0.2, 0.25) is 0 Å². The summed E-state index contributed by atoms with van der Waals surface area (Å²) >= 11 is 3.17. The van der Waals surface area contributed by atoms with Gasteiger partial charge >= 0.3 is 0 Å². The van der Waals surface area contributed by atoms with Crippen molar-refractivity contribution in [2.45, 2.75) is 25.7 Å². The quantitative estimate of drug-likeness (QED) is 0.500. The van der Waals surface area contributed by atoms with Gasteiger partial charge in [-0.25, -0.2) is 4.98 Å². The summed E-state index contributed by atoms with van der Waals surface area (Å²) in [5, 5.41) is 5.97. The molecular formula is C20H16N2OS2. The molecule has 2 aromatic heterocycles. The molecular weight excluding hydrogens is 348 g/mol. The van der Waals surface area contributed by atoms with E-state index < -0.39 is 0 Å². The molecule has 0 spiro atoms. The van der Waals surface area contributed by atoms with Gasteiger partial charge in [-0.1, -0.05) is 41.7 Å². The van der Waals surface area contributed by atoms with Crippen LogP contribution in [-0.4, -0.2) is 10.9 Å². The van der Waals surface area contributed by atoms with Crippen LogP contribution >= 0.6 is 22.7 Å². The number of anilines is 1. The normalized spacial score (nSPS) is 13.9. The number of aromatic nitrogens is 1. The summed E-state index contributed by atoms with van der Waals surface area (Å²) in [7, 11) is 0. The van der Waals surface area contributed by atoms with Crippen LogP contribution in [0.1, 0.15) is 33.0 Å². The number of rotatable bonds is 2. The molecule has 0 saturated carbocycles. The van der Waals surface area contributed by atoms with E-state index in [1.807, 2.05) is 12.1 Å². The zero-order chi connectivity index (χ0) is 16.8. The van der Waals surface area contributed by atoms with Crippen molar-refractivity contribution in [2.24, 2.45) is 0 Å². The highest BCUT2D eigenvalue weighted by atomic mass is 32.1. The van der Waals surface area contributed by atoms with E-state index in [1.54, 1.807) is 11.3 Å². The number of carbonyl (C=O) groups excluding carboxylic acids is 1. The summed E-state index contributed by atoms with van der Waals surface area (Å²) in [6.07, 6.45) is 4.68. The molecule has 0 bridgehead atoms. The molecule has 1 N–H and O–H groups in total. The smallest absolute Gasteiger partial charge is 0.267 e. The zero-order valence-electron chi connectivity index (χ0n) is 13.5. The van der Waals surface area contributed by atoms with Crippen LogP contribution < -0.4 is 5.32 Å². The summed E-state index contributed by atoms with van der Waals surface area (Å²) in [4.78, 5) is 19.5. The van der Waals surface area contributed by atoms with Crippen LogP contribution in [0.3, 0.4) is 0 Å². The first-order chi connectivity index (χ1) is 12.3. The minimum Gasteiger partial charge on any atom is -0.297 e. The molecule has 0 radical (unpaired) electrons. The molecule has 3 nitrogen and oxygen atoms in total. The molecule has 124 valence electrons. The Morgan fingerprint density at radius 1 is 1.04 bits per heavy atom. The van der Waals surface area contributed by atoms with E-state index in [0.29, 0.717) is 5.13 Å². The third-order valence-electron chi connectivity index (χ3n) is 4.72. The molecule has 25 heavy (non-hydrogen) atoms. The predicted octanol–water partition coefficient (Wildman–Crippen LogP) is 5.64. The molecule has 4 aromatic rings. The van der Waals surface area contributed by atoms with Crippen molar-refractivity contribution in [1.82, 2.24) is 4.98 Å². The summed E-state index contributed by atoms with van der Waals surface area (Å²) in [5.41, 5.74) is 2.32. The molecule has 0 fully saturated rings. The zero-order valence-corrected chi connectivity index (χ0v) is 15.2. The highest BCUT2D eigenvalue weighted by Gasteiger charge is 2.18. The van der Waals surface area contributed by atoms with Gasteiger partial charge in [-0.2, -0.15) is 0 Å². The van der Waals surface area contributed by atoms with Gasteiger partial charge < -0.3 is 0 Å². The number of thiazole rings is 1. The van der Waals surface area contributed by atoms with Crippen LogP contribution in [0.25, 0.3) is 21.0 Å². The van der Waals surface area contributed by atoms with Crippen molar-refractivity contribution in [3.63, 3.8) is 0 Å². The molecule has 0 aliphatic heterocycles. The number of carbonyl (C=O) groups is 1. The molecule has 0 unspecified atom stereocenters. The molecule has 1 amide bonds. The molecule has 5 rings (SSSR count). The second-order valence-electron chi connectivity index (χ2n) is 6.37. The third kappa shape index (κ3) is 2.64. The van der Waals surface area contributed by atoms with Crippen molar-refractivity contribution >= 4 is 54.7 Å². The summed E-state index contributed by atoms with van der Waals surface area (Å²) in [5.74, 6) is -0.0391. The molecule has 1 aliphatic rings. The lowest BCUT2D eigenvalue weighted by atomic mass is 9.99. The van der Waals surface area contributed by atoms with Crippen molar-refractivity contribution in [2.75, 3.05) is 5.32 Å². The lowest BCUT2D eigenvalue weighted by Gasteiger charge is -2.08. The first kappa shape index (κ1) is 15.0. The molecule has 0 atom stereocenters. The van der Waals surface area contributed by atoms with Gasteiger partial charge in [0.05, 0.1) is 15.1 Å². The molecule has 5 heteroatoms. The number of fused-ring (bicyclic) bond motifs is 4. The Bertz CT molecular complexity index is 1090. The van der Waals surface area contributed by atoms with Crippen LogP contribution in [0.5, 0.6) is 0 Å². The number of nitrogens with one attached hydrogen (secondary N) is 1. The Morgan fingerprint density at radius 2 is 1.92 bits per heavy atom. The SMILES string of the molecule is O=C(Nc1nc2c(ccc3ccccc32)s1)c1cc2c(s1)CCCC2. The first-order valence-corrected chi connectivity index (χ1v) is 10.1. The maximum absolute atomic E-state index is 12.6. The second kappa shape index (κ2) is 5.93. The third-order valence-corrected chi connectivity index (χ3v) is 6.90. The Balaban J connectivity index is 1.48. The Kier molecular flexibility index (Phi) is 3.57. The number of aryl methyl sites for hydroxylation is 2. The molecule has 1 aliphatic carbocycles. The Hall–Kier alpha value is -2.24. The highest BCUT2D eigenvalue weighted by molar-refractivity contribution is 7.22. The fourth-order valence-corrected chi connectivity index (χ4v) is 5.50. The molecule has 2 heterocycles. The van der Waals surface area contributed by atoms with Gasteiger partial charge in [0.1, 0.15) is 0 Å². The summed E-state index contributed by atoms with van der Waals surface area (Å²) in [6.45, 7) is 0. The Labute approximate surface area is 153 Å². The number of nitrogens with zero attached hydrogens (tertiary/aromatic N) is 1. The van der Waals surface area contributed by atoms with Gasteiger partial charge in [0.15, 0.2) is 5.13 Å². The number of hydrogen-bond donors (Lipinski definition) is 1. The fraction of sp³-hybridized carbons (Fsp3) is 0.200. The Morgan fingerprint density at radius 3 is 2.84 bits per heavy atom. The van der Waals surface area contributed by atoms with Gasteiger partial charge in [0.25, 0.3) is 5.91 Å². The topological polar surface area (TPSA) is 42.0 Å². The number of benzene rings is 2. The standard InChI is InChI=1S/C20H16N2OS2/c23-19(17-11-13-6-2-4-8-15(13)24-17)22-20-21-18-14-7-3-1-5-12(14)9-10-16(18)25-20/h1,3,5,7,9-11H,2,4,6,8H2,(H,21,22,23). The van der Waals surface area contributed by atoms with E-state index in [9.17, 15) is 4.79 Å². The van der Waals surface area contributed by atoms with E-state index in [-0.39, 0.29) is 5.91 Å². The lowest BCUT2D eigenvalue weighted by Crippen LogP contribution is -2.09.